The van der Waals surface area contributed by atoms with E-state index >= 15 is 0 Å². The van der Waals surface area contributed by atoms with Crippen LogP contribution >= 0.6 is 0 Å². The van der Waals surface area contributed by atoms with Gasteiger partial charge in [-0.3, -0.25) is 0 Å². The molecule has 0 spiro atoms. The van der Waals surface area contributed by atoms with Gasteiger partial charge in [-0.05, 0) is 32.4 Å². The fourth-order valence-electron chi connectivity index (χ4n) is 0.579. The summed E-state index contributed by atoms with van der Waals surface area (Å²) in [6.45, 7) is 6.08. The van der Waals surface area contributed by atoms with Crippen LogP contribution in [0.1, 0.15) is 20.8 Å². The molecule has 0 rings (SSSR count). The molecule has 0 saturated heterocycles. The molecule has 0 radical (unpaired) electrons. The molecule has 0 aliphatic carbocycles. The number of nitrogens with one attached hydrogen (secondary N) is 1. The van der Waals surface area contributed by atoms with Crippen LogP contribution in [-0.2, 0) is 0 Å². The van der Waals surface area contributed by atoms with E-state index in [0.717, 1.165) is 5.57 Å². The van der Waals surface area contributed by atoms with E-state index in [9.17, 15) is 0 Å². The molecule has 0 atom stereocenters. The largest absolute Gasteiger partial charge is 0.309 e. The first-order valence-electron chi connectivity index (χ1n) is 3.65. The monoisotopic (exact) mass is 149 g/mol. The van der Waals surface area contributed by atoms with Crippen molar-refractivity contribution in [2.45, 2.75) is 20.8 Å². The van der Waals surface area contributed by atoms with Gasteiger partial charge in [0.1, 0.15) is 0 Å². The Morgan fingerprint density at radius 2 is 1.73 bits per heavy atom. The Kier molecular flexibility index (Phi) is 5.09. The van der Waals surface area contributed by atoms with Crippen LogP contribution in [0, 0.1) is 5.41 Å². The summed E-state index contributed by atoms with van der Waals surface area (Å²) in [7, 11) is 0. The summed E-state index contributed by atoms with van der Waals surface area (Å²) in [6.07, 6.45) is 9.07. The SMILES string of the molecule is CC(C)=C/C=C/C(C)=C\C=N. The van der Waals surface area contributed by atoms with E-state index in [2.05, 4.69) is 13.8 Å². The van der Waals surface area contributed by atoms with E-state index < -0.39 is 0 Å². The highest BCUT2D eigenvalue weighted by atomic mass is 14.3. The smallest absolute Gasteiger partial charge is 0.0180 e. The predicted octanol–water partition coefficient (Wildman–Crippen LogP) is 3.10. The van der Waals surface area contributed by atoms with Crippen LogP contribution in [0.5, 0.6) is 0 Å². The molecule has 0 aliphatic rings. The summed E-state index contributed by atoms with van der Waals surface area (Å²) < 4.78 is 0. The van der Waals surface area contributed by atoms with Gasteiger partial charge in [-0.15, -0.1) is 0 Å². The van der Waals surface area contributed by atoms with Gasteiger partial charge in [-0.2, -0.15) is 0 Å². The fourth-order valence-corrected chi connectivity index (χ4v) is 0.579. The number of allylic oxidation sites excluding steroid dienone is 6. The standard InChI is InChI=1S/C10H15N/c1-9(2)5-4-6-10(3)7-8-11/h4-8,11H,1-3H3/b6-4+,10-7-,11-8?. The van der Waals surface area contributed by atoms with Gasteiger partial charge in [0, 0.05) is 6.21 Å². The zero-order chi connectivity index (χ0) is 8.69. The van der Waals surface area contributed by atoms with Crippen molar-refractivity contribution in [3.63, 3.8) is 0 Å². The third kappa shape index (κ3) is 6.78. The molecule has 11 heavy (non-hydrogen) atoms. The summed E-state index contributed by atoms with van der Waals surface area (Å²) in [5.41, 5.74) is 2.38. The van der Waals surface area contributed by atoms with E-state index in [4.69, 9.17) is 5.41 Å². The molecule has 0 aromatic carbocycles. The third-order valence-corrected chi connectivity index (χ3v) is 1.13. The van der Waals surface area contributed by atoms with Crippen LogP contribution < -0.4 is 0 Å². The molecule has 0 amide bonds. The Morgan fingerprint density at radius 1 is 1.09 bits per heavy atom. The average molecular weight is 149 g/mol. The molecule has 0 aromatic rings. The molecule has 0 unspecified atom stereocenters. The minimum atomic E-state index is 1.09. The van der Waals surface area contributed by atoms with E-state index in [1.807, 2.05) is 25.2 Å². The van der Waals surface area contributed by atoms with E-state index in [1.165, 1.54) is 11.8 Å². The molecule has 1 heteroatoms. The van der Waals surface area contributed by atoms with Crippen molar-refractivity contribution in [3.05, 3.63) is 35.5 Å². The van der Waals surface area contributed by atoms with Crippen LogP contribution in [0.2, 0.25) is 0 Å². The molecule has 0 aliphatic heterocycles. The Hall–Kier alpha value is -1.11. The van der Waals surface area contributed by atoms with Crippen LogP contribution in [0.15, 0.2) is 35.5 Å². The van der Waals surface area contributed by atoms with Gasteiger partial charge < -0.3 is 5.41 Å². The molecule has 1 nitrogen and oxygen atoms in total. The van der Waals surface area contributed by atoms with Gasteiger partial charge in [0.15, 0.2) is 0 Å². The summed E-state index contributed by atoms with van der Waals surface area (Å²) in [5, 5.41) is 6.80. The molecule has 0 bridgehead atoms. The third-order valence-electron chi connectivity index (χ3n) is 1.13. The highest BCUT2D eigenvalue weighted by molar-refractivity contribution is 5.69. The number of rotatable bonds is 3. The summed E-state index contributed by atoms with van der Waals surface area (Å²) in [4.78, 5) is 0. The van der Waals surface area contributed by atoms with Gasteiger partial charge in [0.2, 0.25) is 0 Å². The maximum absolute atomic E-state index is 6.80. The van der Waals surface area contributed by atoms with Crippen LogP contribution in [0.25, 0.3) is 0 Å². The van der Waals surface area contributed by atoms with Crippen molar-refractivity contribution in [1.29, 1.82) is 5.41 Å². The zero-order valence-corrected chi connectivity index (χ0v) is 7.39. The number of hydrogen-bond acceptors (Lipinski definition) is 1. The van der Waals surface area contributed by atoms with E-state index in [1.54, 1.807) is 6.08 Å². The van der Waals surface area contributed by atoms with Crippen molar-refractivity contribution in [2.75, 3.05) is 0 Å². The Balaban J connectivity index is 4.03. The Morgan fingerprint density at radius 3 is 2.18 bits per heavy atom. The Bertz CT molecular complexity index is 203. The van der Waals surface area contributed by atoms with E-state index in [-0.39, 0.29) is 0 Å². The molecule has 0 fully saturated rings. The molecule has 0 aromatic heterocycles. The maximum atomic E-state index is 6.80. The van der Waals surface area contributed by atoms with Crippen molar-refractivity contribution in [1.82, 2.24) is 0 Å². The van der Waals surface area contributed by atoms with Gasteiger partial charge in [-0.1, -0.05) is 23.8 Å². The van der Waals surface area contributed by atoms with Gasteiger partial charge in [-0.25, -0.2) is 0 Å². The van der Waals surface area contributed by atoms with Crippen molar-refractivity contribution < 1.29 is 0 Å². The molecule has 60 valence electrons. The first-order chi connectivity index (χ1) is 5.16. The summed E-state index contributed by atoms with van der Waals surface area (Å²) in [6, 6.07) is 0. The molecular formula is C10H15N. The van der Waals surface area contributed by atoms with Gasteiger partial charge in [0.05, 0.1) is 0 Å². The summed E-state index contributed by atoms with van der Waals surface area (Å²) >= 11 is 0. The highest BCUT2D eigenvalue weighted by Crippen LogP contribution is 1.95. The van der Waals surface area contributed by atoms with Crippen LogP contribution in [0.3, 0.4) is 0 Å². The first kappa shape index (κ1) is 9.89. The topological polar surface area (TPSA) is 23.9 Å². The lowest BCUT2D eigenvalue weighted by Crippen LogP contribution is -1.68. The lowest BCUT2D eigenvalue weighted by atomic mass is 10.2. The minimum absolute atomic E-state index is 1.09. The van der Waals surface area contributed by atoms with Crippen molar-refractivity contribution in [3.8, 4) is 0 Å². The second-order valence-corrected chi connectivity index (χ2v) is 2.68. The number of hydrogen-bond donors (Lipinski definition) is 1. The quantitative estimate of drug-likeness (QED) is 0.471. The molecule has 0 heterocycles. The van der Waals surface area contributed by atoms with Crippen molar-refractivity contribution in [2.24, 2.45) is 0 Å². The zero-order valence-electron chi connectivity index (χ0n) is 7.39. The lowest BCUT2D eigenvalue weighted by molar-refractivity contribution is 1.39. The lowest BCUT2D eigenvalue weighted by Gasteiger charge is -1.86. The minimum Gasteiger partial charge on any atom is -0.309 e. The first-order valence-corrected chi connectivity index (χ1v) is 3.65. The predicted molar refractivity (Wildman–Crippen MR) is 51.1 cm³/mol. The molecule has 0 saturated carbocycles. The van der Waals surface area contributed by atoms with Gasteiger partial charge in [0.25, 0.3) is 0 Å². The molecular weight excluding hydrogens is 134 g/mol. The second-order valence-electron chi connectivity index (χ2n) is 2.68. The molecule has 1 N–H and O–H groups in total. The average Bonchev–Trinajstić information content (AvgIpc) is 1.87. The fraction of sp³-hybridized carbons (Fsp3) is 0.300. The van der Waals surface area contributed by atoms with Crippen LogP contribution in [0.4, 0.5) is 0 Å². The highest BCUT2D eigenvalue weighted by Gasteiger charge is 1.76. The van der Waals surface area contributed by atoms with Gasteiger partial charge >= 0.3 is 0 Å². The second kappa shape index (κ2) is 5.66. The van der Waals surface area contributed by atoms with Crippen molar-refractivity contribution >= 4 is 6.21 Å². The Labute approximate surface area is 68.6 Å². The summed E-state index contributed by atoms with van der Waals surface area (Å²) in [5.74, 6) is 0. The van der Waals surface area contributed by atoms with E-state index in [0.29, 0.717) is 0 Å². The maximum Gasteiger partial charge on any atom is 0.0180 e. The van der Waals surface area contributed by atoms with Crippen LogP contribution in [-0.4, -0.2) is 6.21 Å². The normalized spacial score (nSPS) is 11.7.